The fourth-order valence-electron chi connectivity index (χ4n) is 2.12. The molecular weight excluding hydrogens is 239 g/mol. The molecule has 19 heavy (non-hydrogen) atoms. The Balaban J connectivity index is 2.26. The molecule has 1 aromatic rings. The third-order valence-corrected chi connectivity index (χ3v) is 3.48. The highest BCUT2D eigenvalue weighted by atomic mass is 19.1. The van der Waals surface area contributed by atoms with Crippen LogP contribution in [0.4, 0.5) is 4.39 Å². The summed E-state index contributed by atoms with van der Waals surface area (Å²) in [5, 5.41) is 3.42. The van der Waals surface area contributed by atoms with Crippen LogP contribution in [0.15, 0.2) is 24.3 Å². The van der Waals surface area contributed by atoms with Gasteiger partial charge in [-0.05, 0) is 64.0 Å². The van der Waals surface area contributed by atoms with E-state index in [4.69, 9.17) is 0 Å². The van der Waals surface area contributed by atoms with E-state index >= 15 is 0 Å². The zero-order valence-corrected chi connectivity index (χ0v) is 12.5. The third-order valence-electron chi connectivity index (χ3n) is 3.48. The highest BCUT2D eigenvalue weighted by Gasteiger charge is 2.09. The predicted octanol–water partition coefficient (Wildman–Crippen LogP) is 3.43. The van der Waals surface area contributed by atoms with Crippen molar-refractivity contribution in [3.63, 3.8) is 0 Å². The minimum atomic E-state index is -0.151. The maximum absolute atomic E-state index is 13.1. The van der Waals surface area contributed by atoms with Gasteiger partial charge in [-0.15, -0.1) is 0 Å². The van der Waals surface area contributed by atoms with Gasteiger partial charge in [-0.25, -0.2) is 4.39 Å². The van der Waals surface area contributed by atoms with Crippen LogP contribution in [0.25, 0.3) is 0 Å². The number of nitrogens with one attached hydrogen (secondary N) is 1. The summed E-state index contributed by atoms with van der Waals surface area (Å²) < 4.78 is 13.1. The van der Waals surface area contributed by atoms with Gasteiger partial charge in [-0.1, -0.05) is 19.1 Å². The molecular formula is C16H27FN2. The lowest BCUT2D eigenvalue weighted by Crippen LogP contribution is -2.29. The number of hydrogen-bond donors (Lipinski definition) is 1. The number of hydrogen-bond acceptors (Lipinski definition) is 2. The van der Waals surface area contributed by atoms with Gasteiger partial charge < -0.3 is 5.32 Å². The molecule has 1 aromatic carbocycles. The van der Waals surface area contributed by atoms with Gasteiger partial charge in [-0.3, -0.25) is 4.90 Å². The second-order valence-electron chi connectivity index (χ2n) is 5.29. The Bertz CT molecular complexity index is 354. The topological polar surface area (TPSA) is 15.3 Å². The van der Waals surface area contributed by atoms with Crippen molar-refractivity contribution < 1.29 is 4.39 Å². The van der Waals surface area contributed by atoms with E-state index < -0.39 is 0 Å². The Hall–Kier alpha value is -0.930. The van der Waals surface area contributed by atoms with Gasteiger partial charge in [0.25, 0.3) is 0 Å². The van der Waals surface area contributed by atoms with Crippen LogP contribution in [0.2, 0.25) is 0 Å². The minimum Gasteiger partial charge on any atom is -0.317 e. The molecule has 1 rings (SSSR count). The van der Waals surface area contributed by atoms with Crippen LogP contribution < -0.4 is 5.32 Å². The second-order valence-corrected chi connectivity index (χ2v) is 5.29. The lowest BCUT2D eigenvalue weighted by Gasteiger charge is -2.24. The first-order valence-electron chi connectivity index (χ1n) is 7.29. The molecule has 3 heteroatoms. The van der Waals surface area contributed by atoms with Gasteiger partial charge in [0.1, 0.15) is 5.82 Å². The number of nitrogens with zero attached hydrogens (tertiary/aromatic N) is 1. The van der Waals surface area contributed by atoms with Gasteiger partial charge in [0.2, 0.25) is 0 Å². The Morgan fingerprint density at radius 3 is 2.79 bits per heavy atom. The molecule has 0 spiro atoms. The summed E-state index contributed by atoms with van der Waals surface area (Å²) in [4.78, 5) is 2.29. The second kappa shape index (κ2) is 9.05. The molecule has 1 unspecified atom stereocenters. The van der Waals surface area contributed by atoms with Crippen molar-refractivity contribution in [3.05, 3.63) is 35.6 Å². The zero-order valence-electron chi connectivity index (χ0n) is 12.5. The van der Waals surface area contributed by atoms with E-state index in [9.17, 15) is 4.39 Å². The first-order valence-corrected chi connectivity index (χ1v) is 7.29. The molecule has 0 saturated carbocycles. The molecule has 0 aliphatic rings. The van der Waals surface area contributed by atoms with E-state index in [-0.39, 0.29) is 5.82 Å². The lowest BCUT2D eigenvalue weighted by molar-refractivity contribution is 0.234. The van der Waals surface area contributed by atoms with E-state index in [2.05, 4.69) is 31.1 Å². The molecule has 0 radical (unpaired) electrons. The zero-order chi connectivity index (χ0) is 14.1. The molecule has 0 heterocycles. The Kier molecular flexibility index (Phi) is 7.68. The molecule has 1 atom stereocenters. The van der Waals surface area contributed by atoms with Gasteiger partial charge in [0.05, 0.1) is 0 Å². The van der Waals surface area contributed by atoms with Crippen molar-refractivity contribution in [2.75, 3.05) is 20.1 Å². The van der Waals surface area contributed by atoms with E-state index in [0.29, 0.717) is 6.04 Å². The first-order chi connectivity index (χ1) is 9.13. The van der Waals surface area contributed by atoms with Gasteiger partial charge in [0.15, 0.2) is 0 Å². The average Bonchev–Trinajstić information content (AvgIpc) is 2.38. The van der Waals surface area contributed by atoms with Crippen LogP contribution in [0, 0.1) is 5.82 Å². The molecule has 1 N–H and O–H groups in total. The Morgan fingerprint density at radius 2 is 2.11 bits per heavy atom. The highest BCUT2D eigenvalue weighted by molar-refractivity contribution is 5.16. The summed E-state index contributed by atoms with van der Waals surface area (Å²) in [6.07, 6.45) is 3.55. The molecule has 0 aliphatic heterocycles. The summed E-state index contributed by atoms with van der Waals surface area (Å²) in [5.41, 5.74) is 1.04. The summed E-state index contributed by atoms with van der Waals surface area (Å²) in [6.45, 7) is 7.42. The van der Waals surface area contributed by atoms with Crippen molar-refractivity contribution in [1.29, 1.82) is 0 Å². The van der Waals surface area contributed by atoms with Crippen LogP contribution in [-0.4, -0.2) is 31.1 Å². The quantitative estimate of drug-likeness (QED) is 0.689. The molecule has 0 aliphatic carbocycles. The van der Waals surface area contributed by atoms with Crippen molar-refractivity contribution in [2.24, 2.45) is 0 Å². The smallest absolute Gasteiger partial charge is 0.123 e. The summed E-state index contributed by atoms with van der Waals surface area (Å²) in [5.74, 6) is -0.151. The number of rotatable bonds is 9. The van der Waals surface area contributed by atoms with Crippen LogP contribution in [0.5, 0.6) is 0 Å². The first kappa shape index (κ1) is 16.1. The highest BCUT2D eigenvalue weighted by Crippen LogP contribution is 2.11. The summed E-state index contributed by atoms with van der Waals surface area (Å²) in [6, 6.07) is 7.39. The van der Waals surface area contributed by atoms with Gasteiger partial charge in [-0.2, -0.15) is 0 Å². The molecule has 0 bridgehead atoms. The predicted molar refractivity (Wildman–Crippen MR) is 79.7 cm³/mol. The normalized spacial score (nSPS) is 12.9. The molecule has 108 valence electrons. The lowest BCUT2D eigenvalue weighted by atomic mass is 10.1. The third kappa shape index (κ3) is 6.69. The van der Waals surface area contributed by atoms with Crippen LogP contribution in [0.3, 0.4) is 0 Å². The van der Waals surface area contributed by atoms with E-state index in [1.807, 2.05) is 6.07 Å². The van der Waals surface area contributed by atoms with Crippen molar-refractivity contribution in [3.8, 4) is 0 Å². The average molecular weight is 266 g/mol. The maximum Gasteiger partial charge on any atom is 0.123 e. The summed E-state index contributed by atoms with van der Waals surface area (Å²) in [7, 11) is 2.11. The fraction of sp³-hybridized carbons (Fsp3) is 0.625. The van der Waals surface area contributed by atoms with E-state index in [1.165, 1.54) is 25.3 Å². The largest absolute Gasteiger partial charge is 0.317 e. The Labute approximate surface area is 117 Å². The van der Waals surface area contributed by atoms with Crippen molar-refractivity contribution >= 4 is 0 Å². The fourth-order valence-corrected chi connectivity index (χ4v) is 2.12. The Morgan fingerprint density at radius 1 is 1.32 bits per heavy atom. The van der Waals surface area contributed by atoms with E-state index in [0.717, 1.165) is 25.2 Å². The monoisotopic (exact) mass is 266 g/mol. The summed E-state index contributed by atoms with van der Waals surface area (Å²) >= 11 is 0. The molecule has 0 aromatic heterocycles. The van der Waals surface area contributed by atoms with Gasteiger partial charge in [0, 0.05) is 12.6 Å². The molecule has 0 fully saturated rings. The SMILES string of the molecule is CCCNCCCC(C)N(C)Cc1cccc(F)c1. The minimum absolute atomic E-state index is 0.151. The maximum atomic E-state index is 13.1. The van der Waals surface area contributed by atoms with Gasteiger partial charge >= 0.3 is 0 Å². The van der Waals surface area contributed by atoms with E-state index in [1.54, 1.807) is 12.1 Å². The van der Waals surface area contributed by atoms with Crippen molar-refractivity contribution in [1.82, 2.24) is 10.2 Å². The van der Waals surface area contributed by atoms with Crippen LogP contribution in [0.1, 0.15) is 38.7 Å². The molecule has 0 saturated heterocycles. The number of halogens is 1. The van der Waals surface area contributed by atoms with Crippen LogP contribution in [-0.2, 0) is 6.54 Å². The molecule has 2 nitrogen and oxygen atoms in total. The molecule has 0 amide bonds. The standard InChI is InChI=1S/C16H27FN2/c1-4-10-18-11-6-7-14(2)19(3)13-15-8-5-9-16(17)12-15/h5,8-9,12,14,18H,4,6-7,10-11,13H2,1-3H3. The number of benzene rings is 1. The van der Waals surface area contributed by atoms with Crippen molar-refractivity contribution in [2.45, 2.75) is 45.7 Å². The van der Waals surface area contributed by atoms with Crippen LogP contribution >= 0.6 is 0 Å².